The lowest BCUT2D eigenvalue weighted by Crippen LogP contribution is -2.22. The Morgan fingerprint density at radius 2 is 1.79 bits per heavy atom. The van der Waals surface area contributed by atoms with Crippen molar-refractivity contribution in [3.05, 3.63) is 83.0 Å². The van der Waals surface area contributed by atoms with Crippen molar-refractivity contribution >= 4 is 33.9 Å². The molecule has 0 saturated heterocycles. The number of aromatic nitrogens is 1. The van der Waals surface area contributed by atoms with Crippen molar-refractivity contribution in [1.82, 2.24) is 9.88 Å². The topological polar surface area (TPSA) is 48.4 Å². The zero-order valence-corrected chi connectivity index (χ0v) is 19.1. The van der Waals surface area contributed by atoms with Crippen LogP contribution in [0, 0.1) is 11.6 Å². The van der Waals surface area contributed by atoms with Crippen LogP contribution in [0.15, 0.2) is 60.8 Å². The van der Waals surface area contributed by atoms with Crippen molar-refractivity contribution in [3.8, 4) is 16.9 Å². The second kappa shape index (κ2) is 9.73. The maximum Gasteiger partial charge on any atom is 0.166 e. The second-order valence-electron chi connectivity index (χ2n) is 7.74. The molecule has 1 heterocycles. The van der Waals surface area contributed by atoms with E-state index in [4.69, 9.17) is 11.6 Å². The van der Waals surface area contributed by atoms with Crippen LogP contribution in [0.25, 0.3) is 22.0 Å². The number of hydrogen-bond acceptors (Lipinski definition) is 4. The van der Waals surface area contributed by atoms with Crippen molar-refractivity contribution in [2.45, 2.75) is 20.4 Å². The zero-order valence-electron chi connectivity index (χ0n) is 18.4. The van der Waals surface area contributed by atoms with Crippen molar-refractivity contribution in [2.75, 3.05) is 18.4 Å². The highest BCUT2D eigenvalue weighted by atomic mass is 35.5. The van der Waals surface area contributed by atoms with Crippen LogP contribution in [0.3, 0.4) is 0 Å². The maximum absolute atomic E-state index is 14.7. The first-order chi connectivity index (χ1) is 15.9. The molecule has 0 aliphatic rings. The molecule has 1 aromatic heterocycles. The molecule has 0 spiro atoms. The number of halogens is 3. The summed E-state index contributed by atoms with van der Waals surface area (Å²) in [6.45, 7) is 6.10. The van der Waals surface area contributed by atoms with Gasteiger partial charge in [0, 0.05) is 51.2 Å². The van der Waals surface area contributed by atoms with Gasteiger partial charge < -0.3 is 10.4 Å². The van der Waals surface area contributed by atoms with Gasteiger partial charge in [-0.05, 0) is 55.6 Å². The molecule has 0 fully saturated rings. The third-order valence-corrected chi connectivity index (χ3v) is 5.94. The Bertz CT molecular complexity index is 1310. The molecular formula is C26H24ClF2N3O. The van der Waals surface area contributed by atoms with Gasteiger partial charge in [-0.15, -0.1) is 0 Å². The summed E-state index contributed by atoms with van der Waals surface area (Å²) >= 11 is 6.10. The van der Waals surface area contributed by atoms with E-state index in [1.165, 1.54) is 12.1 Å². The third-order valence-electron chi connectivity index (χ3n) is 5.70. The Labute approximate surface area is 196 Å². The van der Waals surface area contributed by atoms with E-state index >= 15 is 0 Å². The van der Waals surface area contributed by atoms with Gasteiger partial charge in [0.05, 0.1) is 5.52 Å². The smallest absolute Gasteiger partial charge is 0.166 e. The first-order valence-corrected chi connectivity index (χ1v) is 11.1. The minimum Gasteiger partial charge on any atom is -0.507 e. The van der Waals surface area contributed by atoms with Gasteiger partial charge in [0.25, 0.3) is 0 Å². The number of aromatic hydroxyl groups is 1. The van der Waals surface area contributed by atoms with Crippen LogP contribution in [0.5, 0.6) is 5.75 Å². The minimum atomic E-state index is -0.997. The van der Waals surface area contributed by atoms with Gasteiger partial charge in [-0.2, -0.15) is 0 Å². The van der Waals surface area contributed by atoms with Crippen molar-refractivity contribution in [2.24, 2.45) is 0 Å². The Morgan fingerprint density at radius 1 is 1.00 bits per heavy atom. The second-order valence-corrected chi connectivity index (χ2v) is 8.18. The highest BCUT2D eigenvalue weighted by molar-refractivity contribution is 6.31. The van der Waals surface area contributed by atoms with E-state index in [2.05, 4.69) is 15.2 Å². The molecular weight excluding hydrogens is 444 g/mol. The van der Waals surface area contributed by atoms with E-state index in [0.29, 0.717) is 22.8 Å². The molecule has 2 N–H and O–H groups in total. The normalized spacial score (nSPS) is 11.3. The van der Waals surface area contributed by atoms with Gasteiger partial charge in [-0.1, -0.05) is 37.6 Å². The van der Waals surface area contributed by atoms with Crippen LogP contribution in [0.4, 0.5) is 20.2 Å². The van der Waals surface area contributed by atoms with Crippen LogP contribution < -0.4 is 5.32 Å². The molecule has 0 aliphatic carbocycles. The molecule has 3 aromatic carbocycles. The fourth-order valence-corrected chi connectivity index (χ4v) is 4.04. The number of rotatable bonds is 7. The summed E-state index contributed by atoms with van der Waals surface area (Å²) < 4.78 is 28.6. The zero-order chi connectivity index (χ0) is 23.5. The van der Waals surface area contributed by atoms with Crippen LogP contribution in [0.2, 0.25) is 5.02 Å². The Morgan fingerprint density at radius 3 is 2.55 bits per heavy atom. The highest BCUT2D eigenvalue weighted by Crippen LogP contribution is 2.39. The Balaban J connectivity index is 1.85. The molecule has 0 saturated carbocycles. The largest absolute Gasteiger partial charge is 0.507 e. The van der Waals surface area contributed by atoms with Crippen LogP contribution in [0.1, 0.15) is 19.4 Å². The predicted octanol–water partition coefficient (Wildman–Crippen LogP) is 7.12. The molecule has 4 nitrogen and oxygen atoms in total. The number of phenolic OH excluding ortho intramolecular Hbond substituents is 1. The van der Waals surface area contributed by atoms with Gasteiger partial charge in [0.2, 0.25) is 0 Å². The van der Waals surface area contributed by atoms with E-state index in [0.717, 1.165) is 35.7 Å². The van der Waals surface area contributed by atoms with Crippen LogP contribution in [-0.4, -0.2) is 28.1 Å². The maximum atomic E-state index is 14.7. The lowest BCUT2D eigenvalue weighted by Gasteiger charge is -2.21. The summed E-state index contributed by atoms with van der Waals surface area (Å²) in [5.74, 6) is -2.03. The predicted molar refractivity (Wildman–Crippen MR) is 130 cm³/mol. The molecule has 7 heteroatoms. The van der Waals surface area contributed by atoms with Crippen molar-refractivity contribution in [3.63, 3.8) is 0 Å². The minimum absolute atomic E-state index is 0.00307. The molecule has 0 radical (unpaired) electrons. The number of nitrogens with zero attached hydrogens (tertiary/aromatic N) is 2. The van der Waals surface area contributed by atoms with Gasteiger partial charge in [-0.3, -0.25) is 9.88 Å². The van der Waals surface area contributed by atoms with E-state index in [1.807, 2.05) is 32.0 Å². The molecule has 0 atom stereocenters. The molecule has 0 amide bonds. The summed E-state index contributed by atoms with van der Waals surface area (Å²) in [5.41, 5.74) is 2.98. The number of benzene rings is 3. The number of phenols is 1. The fraction of sp³-hybridized carbons (Fsp3) is 0.192. The summed E-state index contributed by atoms with van der Waals surface area (Å²) in [5, 5.41) is 15.8. The number of hydrogen-bond donors (Lipinski definition) is 2. The van der Waals surface area contributed by atoms with Crippen LogP contribution in [-0.2, 0) is 6.54 Å². The Kier molecular flexibility index (Phi) is 6.77. The third kappa shape index (κ3) is 4.77. The molecule has 170 valence electrons. The molecule has 0 bridgehead atoms. The van der Waals surface area contributed by atoms with E-state index < -0.39 is 11.6 Å². The molecule has 4 aromatic rings. The highest BCUT2D eigenvalue weighted by Gasteiger charge is 2.18. The van der Waals surface area contributed by atoms with Gasteiger partial charge in [0.15, 0.2) is 11.6 Å². The average Bonchev–Trinajstić information content (AvgIpc) is 2.81. The average molecular weight is 468 g/mol. The van der Waals surface area contributed by atoms with E-state index in [1.54, 1.807) is 24.4 Å². The SMILES string of the molecule is CCN(CC)Cc1cc(Nc2ccnc3cc(Cl)ccc23)cc(-c2cccc(F)c2F)c1O. The molecule has 33 heavy (non-hydrogen) atoms. The molecule has 4 rings (SSSR count). The van der Waals surface area contributed by atoms with Gasteiger partial charge in [0.1, 0.15) is 5.75 Å². The quantitative estimate of drug-likeness (QED) is 0.284. The first-order valence-electron chi connectivity index (χ1n) is 10.7. The Hall–Kier alpha value is -3.22. The lowest BCUT2D eigenvalue weighted by molar-refractivity contribution is 0.291. The number of anilines is 2. The van der Waals surface area contributed by atoms with Crippen LogP contribution >= 0.6 is 11.6 Å². The lowest BCUT2D eigenvalue weighted by atomic mass is 9.99. The number of fused-ring (bicyclic) bond motifs is 1. The monoisotopic (exact) mass is 467 g/mol. The van der Waals surface area contributed by atoms with E-state index in [-0.39, 0.29) is 16.9 Å². The number of pyridine rings is 1. The van der Waals surface area contributed by atoms with Gasteiger partial charge in [-0.25, -0.2) is 8.78 Å². The molecule has 0 aliphatic heterocycles. The van der Waals surface area contributed by atoms with Crippen molar-refractivity contribution in [1.29, 1.82) is 0 Å². The first kappa shape index (κ1) is 23.0. The summed E-state index contributed by atoms with van der Waals surface area (Å²) in [6, 6.07) is 14.7. The summed E-state index contributed by atoms with van der Waals surface area (Å²) in [6.07, 6.45) is 1.67. The summed E-state index contributed by atoms with van der Waals surface area (Å²) in [4.78, 5) is 6.49. The van der Waals surface area contributed by atoms with E-state index in [9.17, 15) is 13.9 Å². The van der Waals surface area contributed by atoms with Gasteiger partial charge >= 0.3 is 0 Å². The number of nitrogens with one attached hydrogen (secondary N) is 1. The summed E-state index contributed by atoms with van der Waals surface area (Å²) in [7, 11) is 0. The molecule has 0 unspecified atom stereocenters. The standard InChI is InChI=1S/C26H24ClF2N3O/c1-3-32(4-2)15-16-12-18(14-21(26(16)33)19-6-5-7-22(28)25(19)29)31-23-10-11-30-24-13-17(27)8-9-20(23)24/h5-14,33H,3-4,15H2,1-2H3,(H,30,31). The fourth-order valence-electron chi connectivity index (χ4n) is 3.88. The van der Waals surface area contributed by atoms with Crippen molar-refractivity contribution < 1.29 is 13.9 Å².